The van der Waals surface area contributed by atoms with Gasteiger partial charge in [-0.3, -0.25) is 4.79 Å². The maximum absolute atomic E-state index is 13.7. The Bertz CT molecular complexity index is 1420. The second kappa shape index (κ2) is 8.92. The highest BCUT2D eigenvalue weighted by Crippen LogP contribution is 2.32. The Balaban J connectivity index is 2.01. The molecule has 1 heterocycles. The van der Waals surface area contributed by atoms with Crippen LogP contribution in [-0.4, -0.2) is 29.6 Å². The van der Waals surface area contributed by atoms with Crippen LogP contribution < -0.4 is 15.0 Å². The molecule has 4 aromatic rings. The van der Waals surface area contributed by atoms with Gasteiger partial charge in [0.1, 0.15) is 5.82 Å². The molecule has 4 rings (SSSR count). The summed E-state index contributed by atoms with van der Waals surface area (Å²) in [5, 5.41) is 4.93. The van der Waals surface area contributed by atoms with E-state index in [1.54, 1.807) is 56.5 Å². The van der Waals surface area contributed by atoms with Gasteiger partial charge in [0.25, 0.3) is 5.56 Å². The van der Waals surface area contributed by atoms with E-state index in [9.17, 15) is 9.18 Å². The van der Waals surface area contributed by atoms with Crippen molar-refractivity contribution < 1.29 is 13.9 Å². The molecule has 0 fully saturated rings. The molecule has 0 aliphatic rings. The summed E-state index contributed by atoms with van der Waals surface area (Å²) in [5.41, 5.74) is 1.81. The summed E-state index contributed by atoms with van der Waals surface area (Å²) in [6.07, 6.45) is 0. The molecule has 8 heteroatoms. The predicted molar refractivity (Wildman–Crippen MR) is 126 cm³/mol. The molecule has 0 radical (unpaired) electrons. The number of ether oxygens (including phenoxy) is 2. The van der Waals surface area contributed by atoms with E-state index in [0.29, 0.717) is 45.1 Å². The standard InChI is InChI=1S/C24H19BrFN3O3/c1-14(15-5-4-6-18(26)11-15)28-29-23(16-7-10-21(31-2)22(12-16)32-3)27-20-9-8-17(25)13-19(20)24(29)30/h4-13H,1-3H3. The van der Waals surface area contributed by atoms with E-state index in [1.807, 2.05) is 6.07 Å². The average molecular weight is 496 g/mol. The molecule has 0 amide bonds. The zero-order valence-corrected chi connectivity index (χ0v) is 19.2. The molecule has 3 aromatic carbocycles. The predicted octanol–water partition coefficient (Wildman–Crippen LogP) is 5.25. The van der Waals surface area contributed by atoms with Crippen molar-refractivity contribution in [1.82, 2.24) is 9.66 Å². The molecular formula is C24H19BrFN3O3. The molecule has 6 nitrogen and oxygen atoms in total. The average Bonchev–Trinajstić information content (AvgIpc) is 2.80. The second-order valence-electron chi connectivity index (χ2n) is 6.98. The number of halogens is 2. The Morgan fingerprint density at radius 2 is 1.81 bits per heavy atom. The van der Waals surface area contributed by atoms with E-state index in [4.69, 9.17) is 14.5 Å². The van der Waals surface area contributed by atoms with Crippen LogP contribution in [0.2, 0.25) is 0 Å². The van der Waals surface area contributed by atoms with Crippen molar-refractivity contribution >= 4 is 32.5 Å². The molecule has 0 aliphatic heterocycles. The van der Waals surface area contributed by atoms with Crippen LogP contribution in [0.3, 0.4) is 0 Å². The van der Waals surface area contributed by atoms with Gasteiger partial charge in [0.2, 0.25) is 0 Å². The Morgan fingerprint density at radius 1 is 1.03 bits per heavy atom. The fourth-order valence-corrected chi connectivity index (χ4v) is 3.69. The molecule has 0 bridgehead atoms. The van der Waals surface area contributed by atoms with E-state index >= 15 is 0 Å². The van der Waals surface area contributed by atoms with E-state index in [2.05, 4.69) is 21.0 Å². The number of rotatable bonds is 5. The van der Waals surface area contributed by atoms with Crippen LogP contribution in [0.5, 0.6) is 11.5 Å². The van der Waals surface area contributed by atoms with Gasteiger partial charge in [-0.05, 0) is 55.5 Å². The Morgan fingerprint density at radius 3 is 2.53 bits per heavy atom. The van der Waals surface area contributed by atoms with Crippen LogP contribution >= 0.6 is 15.9 Å². The van der Waals surface area contributed by atoms with Gasteiger partial charge >= 0.3 is 0 Å². The van der Waals surface area contributed by atoms with Crippen LogP contribution in [0.4, 0.5) is 4.39 Å². The smallest absolute Gasteiger partial charge is 0.282 e. The van der Waals surface area contributed by atoms with Gasteiger partial charge in [-0.15, -0.1) is 0 Å². The molecule has 1 aromatic heterocycles. The molecule has 32 heavy (non-hydrogen) atoms. The van der Waals surface area contributed by atoms with Crippen molar-refractivity contribution in [1.29, 1.82) is 0 Å². The number of benzene rings is 3. The third-order valence-corrected chi connectivity index (χ3v) is 5.44. The highest BCUT2D eigenvalue weighted by Gasteiger charge is 2.16. The first kappa shape index (κ1) is 21.7. The lowest BCUT2D eigenvalue weighted by molar-refractivity contribution is 0.355. The molecule has 0 N–H and O–H groups in total. The van der Waals surface area contributed by atoms with Crippen molar-refractivity contribution in [3.05, 3.63) is 86.9 Å². The normalized spacial score (nSPS) is 11.6. The first-order valence-corrected chi connectivity index (χ1v) is 10.5. The van der Waals surface area contributed by atoms with Crippen LogP contribution in [0.25, 0.3) is 22.3 Å². The first-order chi connectivity index (χ1) is 15.4. The summed E-state index contributed by atoms with van der Waals surface area (Å²) in [6.45, 7) is 1.71. The van der Waals surface area contributed by atoms with E-state index in [1.165, 1.54) is 23.9 Å². The van der Waals surface area contributed by atoms with E-state index < -0.39 is 0 Å². The van der Waals surface area contributed by atoms with Gasteiger partial charge in [0.05, 0.1) is 30.8 Å². The molecule has 0 saturated heterocycles. The monoisotopic (exact) mass is 495 g/mol. The fourth-order valence-electron chi connectivity index (χ4n) is 3.32. The summed E-state index contributed by atoms with van der Waals surface area (Å²) >= 11 is 3.40. The van der Waals surface area contributed by atoms with E-state index in [0.717, 1.165) is 4.47 Å². The SMILES string of the molecule is COc1ccc(-c2nc3ccc(Br)cc3c(=O)n2N=C(C)c2cccc(F)c2)cc1OC. The first-order valence-electron chi connectivity index (χ1n) is 9.67. The summed E-state index contributed by atoms with van der Waals surface area (Å²) in [7, 11) is 3.08. The number of hydrogen-bond acceptors (Lipinski definition) is 5. The Kier molecular flexibility index (Phi) is 6.05. The van der Waals surface area contributed by atoms with Crippen molar-refractivity contribution in [2.24, 2.45) is 5.10 Å². The molecule has 0 unspecified atom stereocenters. The minimum atomic E-state index is -0.384. The van der Waals surface area contributed by atoms with Crippen LogP contribution in [0, 0.1) is 5.82 Å². The van der Waals surface area contributed by atoms with Gasteiger partial charge < -0.3 is 9.47 Å². The minimum absolute atomic E-state index is 0.321. The third kappa shape index (κ3) is 4.13. The fraction of sp³-hybridized carbons (Fsp3) is 0.125. The lowest BCUT2D eigenvalue weighted by Gasteiger charge is -2.13. The van der Waals surface area contributed by atoms with Crippen molar-refractivity contribution in [2.75, 3.05) is 14.2 Å². The highest BCUT2D eigenvalue weighted by atomic mass is 79.9. The zero-order valence-electron chi connectivity index (χ0n) is 17.6. The quantitative estimate of drug-likeness (QED) is 0.354. The largest absolute Gasteiger partial charge is 0.493 e. The topological polar surface area (TPSA) is 65.7 Å². The molecular weight excluding hydrogens is 477 g/mol. The lowest BCUT2D eigenvalue weighted by atomic mass is 10.1. The van der Waals surface area contributed by atoms with Gasteiger partial charge in [0.15, 0.2) is 17.3 Å². The molecule has 0 aliphatic carbocycles. The van der Waals surface area contributed by atoms with Gasteiger partial charge in [0, 0.05) is 15.6 Å². The second-order valence-corrected chi connectivity index (χ2v) is 7.90. The minimum Gasteiger partial charge on any atom is -0.493 e. The number of fused-ring (bicyclic) bond motifs is 1. The molecule has 0 saturated carbocycles. The van der Waals surface area contributed by atoms with E-state index in [-0.39, 0.29) is 11.4 Å². The Labute approximate surface area is 192 Å². The third-order valence-electron chi connectivity index (χ3n) is 4.94. The lowest BCUT2D eigenvalue weighted by Crippen LogP contribution is -2.21. The zero-order chi connectivity index (χ0) is 22.8. The Hall–Kier alpha value is -3.52. The van der Waals surface area contributed by atoms with Gasteiger partial charge in [-0.25, -0.2) is 9.37 Å². The van der Waals surface area contributed by atoms with Gasteiger partial charge in [-0.2, -0.15) is 9.78 Å². The van der Waals surface area contributed by atoms with Crippen molar-refractivity contribution in [3.8, 4) is 22.9 Å². The molecule has 162 valence electrons. The summed E-state index contributed by atoms with van der Waals surface area (Å²) in [5.74, 6) is 0.980. The summed E-state index contributed by atoms with van der Waals surface area (Å²) < 4.78 is 26.4. The highest BCUT2D eigenvalue weighted by molar-refractivity contribution is 9.10. The summed E-state index contributed by atoms with van der Waals surface area (Å²) in [6, 6.07) is 16.6. The van der Waals surface area contributed by atoms with Crippen LogP contribution in [0.1, 0.15) is 12.5 Å². The van der Waals surface area contributed by atoms with Crippen LogP contribution in [-0.2, 0) is 0 Å². The number of aromatic nitrogens is 2. The van der Waals surface area contributed by atoms with Crippen molar-refractivity contribution in [2.45, 2.75) is 6.92 Å². The number of methoxy groups -OCH3 is 2. The molecule has 0 spiro atoms. The number of nitrogens with zero attached hydrogens (tertiary/aromatic N) is 3. The maximum Gasteiger partial charge on any atom is 0.282 e. The number of hydrogen-bond donors (Lipinski definition) is 0. The van der Waals surface area contributed by atoms with Gasteiger partial charge in [-0.1, -0.05) is 28.1 Å². The van der Waals surface area contributed by atoms with Crippen molar-refractivity contribution in [3.63, 3.8) is 0 Å². The molecule has 0 atom stereocenters. The summed E-state index contributed by atoms with van der Waals surface area (Å²) in [4.78, 5) is 18.2. The van der Waals surface area contributed by atoms with Crippen LogP contribution in [0.15, 0.2) is 75.0 Å². The maximum atomic E-state index is 13.7.